The van der Waals surface area contributed by atoms with E-state index >= 15 is 0 Å². The quantitative estimate of drug-likeness (QED) is 0.641. The van der Waals surface area contributed by atoms with Gasteiger partial charge in [0.1, 0.15) is 4.90 Å². The maximum absolute atomic E-state index is 13.2. The molecule has 1 saturated heterocycles. The van der Waals surface area contributed by atoms with Gasteiger partial charge in [-0.1, -0.05) is 29.3 Å². The van der Waals surface area contributed by atoms with Gasteiger partial charge in [-0.2, -0.15) is 5.10 Å². The van der Waals surface area contributed by atoms with Crippen LogP contribution in [0.25, 0.3) is 10.9 Å². The molecule has 10 heteroatoms. The zero-order valence-electron chi connectivity index (χ0n) is 15.0. The SMILES string of the molecule is CN1CCN(c2ccc3n[nH]c(S(=O)(=O)c4c(Cl)cccc4Cl)c3c2)CC1.Cl. The molecular weight excluding hydrogens is 443 g/mol. The van der Waals surface area contributed by atoms with Gasteiger partial charge in [0.15, 0.2) is 5.03 Å². The van der Waals surface area contributed by atoms with E-state index < -0.39 is 9.84 Å². The van der Waals surface area contributed by atoms with Crippen molar-refractivity contribution < 1.29 is 8.42 Å². The molecular formula is C18H19Cl3N4O2S. The number of hydrogen-bond acceptors (Lipinski definition) is 5. The number of anilines is 1. The van der Waals surface area contributed by atoms with Gasteiger partial charge in [-0.3, -0.25) is 5.10 Å². The molecule has 4 rings (SSSR count). The zero-order valence-corrected chi connectivity index (χ0v) is 18.2. The van der Waals surface area contributed by atoms with Crippen LogP contribution in [0, 0.1) is 0 Å². The highest BCUT2D eigenvalue weighted by Crippen LogP contribution is 2.36. The van der Waals surface area contributed by atoms with Crippen molar-refractivity contribution >= 4 is 62.0 Å². The van der Waals surface area contributed by atoms with Gasteiger partial charge in [-0.15, -0.1) is 12.4 Å². The van der Waals surface area contributed by atoms with E-state index in [0.29, 0.717) is 10.9 Å². The molecule has 28 heavy (non-hydrogen) atoms. The number of halogens is 3. The number of nitrogens with one attached hydrogen (secondary N) is 1. The Labute approximate surface area is 179 Å². The molecule has 0 amide bonds. The van der Waals surface area contributed by atoms with Gasteiger partial charge in [0.25, 0.3) is 0 Å². The van der Waals surface area contributed by atoms with Crippen molar-refractivity contribution in [3.05, 3.63) is 46.4 Å². The summed E-state index contributed by atoms with van der Waals surface area (Å²) < 4.78 is 26.4. The number of piperazine rings is 1. The Bertz CT molecular complexity index is 1090. The predicted molar refractivity (Wildman–Crippen MR) is 115 cm³/mol. The maximum Gasteiger partial charge on any atom is 0.226 e. The van der Waals surface area contributed by atoms with Crippen LogP contribution in [-0.4, -0.2) is 56.7 Å². The van der Waals surface area contributed by atoms with E-state index in [1.54, 1.807) is 6.07 Å². The molecule has 0 spiro atoms. The fraction of sp³-hybridized carbons (Fsp3) is 0.278. The first-order valence-corrected chi connectivity index (χ1v) is 10.7. The number of sulfone groups is 1. The molecule has 1 aromatic heterocycles. The summed E-state index contributed by atoms with van der Waals surface area (Å²) in [7, 11) is -1.86. The third kappa shape index (κ3) is 3.69. The maximum atomic E-state index is 13.2. The number of hydrogen-bond donors (Lipinski definition) is 1. The van der Waals surface area contributed by atoms with Gasteiger partial charge >= 0.3 is 0 Å². The summed E-state index contributed by atoms with van der Waals surface area (Å²) in [6.07, 6.45) is 0. The Morgan fingerprint density at radius 1 is 1.04 bits per heavy atom. The summed E-state index contributed by atoms with van der Waals surface area (Å²) in [5.41, 5.74) is 1.55. The number of likely N-dealkylation sites (N-methyl/N-ethyl adjacent to an activating group) is 1. The minimum atomic E-state index is -3.95. The summed E-state index contributed by atoms with van der Waals surface area (Å²) in [6.45, 7) is 3.70. The van der Waals surface area contributed by atoms with Crippen LogP contribution < -0.4 is 4.90 Å². The largest absolute Gasteiger partial charge is 0.369 e. The molecule has 150 valence electrons. The smallest absolute Gasteiger partial charge is 0.226 e. The molecule has 2 aromatic carbocycles. The lowest BCUT2D eigenvalue weighted by molar-refractivity contribution is 0.313. The summed E-state index contributed by atoms with van der Waals surface area (Å²) >= 11 is 12.3. The Kier molecular flexibility index (Phi) is 6.12. The van der Waals surface area contributed by atoms with Crippen LogP contribution in [0.4, 0.5) is 5.69 Å². The highest BCUT2D eigenvalue weighted by molar-refractivity contribution is 7.91. The van der Waals surface area contributed by atoms with Crippen molar-refractivity contribution in [3.63, 3.8) is 0 Å². The van der Waals surface area contributed by atoms with Crippen molar-refractivity contribution in [2.24, 2.45) is 0 Å². The number of rotatable bonds is 3. The molecule has 1 N–H and O–H groups in total. The Morgan fingerprint density at radius 3 is 2.32 bits per heavy atom. The number of aromatic amines is 1. The molecule has 3 aromatic rings. The van der Waals surface area contributed by atoms with Crippen LogP contribution in [0.5, 0.6) is 0 Å². The first-order chi connectivity index (χ1) is 12.9. The van der Waals surface area contributed by atoms with E-state index in [4.69, 9.17) is 23.2 Å². The molecule has 0 unspecified atom stereocenters. The lowest BCUT2D eigenvalue weighted by Crippen LogP contribution is -2.44. The average molecular weight is 462 g/mol. The Balaban J connectivity index is 0.00000225. The van der Waals surface area contributed by atoms with Crippen molar-refractivity contribution in [3.8, 4) is 0 Å². The summed E-state index contributed by atoms with van der Waals surface area (Å²) in [6, 6.07) is 10.3. The van der Waals surface area contributed by atoms with Crippen LogP contribution in [0.3, 0.4) is 0 Å². The van der Waals surface area contributed by atoms with Crippen molar-refractivity contribution in [1.82, 2.24) is 15.1 Å². The van der Waals surface area contributed by atoms with Gasteiger partial charge in [0, 0.05) is 37.3 Å². The second kappa shape index (κ2) is 8.08. The van der Waals surface area contributed by atoms with Gasteiger partial charge in [-0.05, 0) is 37.4 Å². The van der Waals surface area contributed by atoms with Gasteiger partial charge in [0.2, 0.25) is 9.84 Å². The zero-order chi connectivity index (χ0) is 19.2. The number of fused-ring (bicyclic) bond motifs is 1. The fourth-order valence-corrected chi connectivity index (χ4v) is 5.76. The van der Waals surface area contributed by atoms with Crippen LogP contribution in [0.1, 0.15) is 0 Å². The molecule has 0 radical (unpaired) electrons. The van der Waals surface area contributed by atoms with E-state index in [-0.39, 0.29) is 32.4 Å². The molecule has 0 atom stereocenters. The van der Waals surface area contributed by atoms with Crippen molar-refractivity contribution in [2.45, 2.75) is 9.92 Å². The first kappa shape index (κ1) is 21.2. The number of aromatic nitrogens is 2. The van der Waals surface area contributed by atoms with Gasteiger partial charge in [-0.25, -0.2) is 8.42 Å². The normalized spacial score (nSPS) is 15.6. The minimum Gasteiger partial charge on any atom is -0.369 e. The third-order valence-electron chi connectivity index (χ3n) is 4.83. The van der Waals surface area contributed by atoms with E-state index in [1.165, 1.54) is 12.1 Å². The number of H-pyrrole nitrogens is 1. The average Bonchev–Trinajstić information content (AvgIpc) is 3.06. The molecule has 1 fully saturated rings. The number of benzene rings is 2. The van der Waals surface area contributed by atoms with Crippen LogP contribution in [0.2, 0.25) is 10.0 Å². The first-order valence-electron chi connectivity index (χ1n) is 8.48. The van der Waals surface area contributed by atoms with E-state index in [2.05, 4.69) is 27.0 Å². The predicted octanol–water partition coefficient (Wildman–Crippen LogP) is 3.88. The van der Waals surface area contributed by atoms with Gasteiger partial charge in [0.05, 0.1) is 15.6 Å². The summed E-state index contributed by atoms with van der Waals surface area (Å²) in [5, 5.41) is 7.51. The van der Waals surface area contributed by atoms with Gasteiger partial charge < -0.3 is 9.80 Å². The van der Waals surface area contributed by atoms with Crippen LogP contribution >= 0.6 is 35.6 Å². The highest BCUT2D eigenvalue weighted by atomic mass is 35.5. The minimum absolute atomic E-state index is 0. The molecule has 0 bridgehead atoms. The Hall–Kier alpha value is -1.51. The molecule has 6 nitrogen and oxygen atoms in total. The highest BCUT2D eigenvalue weighted by Gasteiger charge is 2.28. The van der Waals surface area contributed by atoms with Crippen LogP contribution in [-0.2, 0) is 9.84 Å². The third-order valence-corrected chi connectivity index (χ3v) is 7.51. The van der Waals surface area contributed by atoms with E-state index in [1.807, 2.05) is 18.2 Å². The van der Waals surface area contributed by atoms with Crippen molar-refractivity contribution in [2.75, 3.05) is 38.1 Å². The van der Waals surface area contributed by atoms with Crippen molar-refractivity contribution in [1.29, 1.82) is 0 Å². The Morgan fingerprint density at radius 2 is 1.68 bits per heavy atom. The lowest BCUT2D eigenvalue weighted by Gasteiger charge is -2.34. The monoisotopic (exact) mass is 460 g/mol. The van der Waals surface area contributed by atoms with E-state index in [0.717, 1.165) is 31.9 Å². The summed E-state index contributed by atoms with van der Waals surface area (Å²) in [5.74, 6) is 0. The number of nitrogens with zero attached hydrogens (tertiary/aromatic N) is 3. The second-order valence-electron chi connectivity index (χ2n) is 6.60. The van der Waals surface area contributed by atoms with Crippen LogP contribution in [0.15, 0.2) is 46.3 Å². The lowest BCUT2D eigenvalue weighted by atomic mass is 10.2. The molecule has 1 aliphatic rings. The topological polar surface area (TPSA) is 69.3 Å². The second-order valence-corrected chi connectivity index (χ2v) is 9.24. The van der Waals surface area contributed by atoms with E-state index in [9.17, 15) is 8.42 Å². The summed E-state index contributed by atoms with van der Waals surface area (Å²) in [4.78, 5) is 4.40. The molecule has 2 heterocycles. The fourth-order valence-electron chi connectivity index (χ4n) is 3.28. The standard InChI is InChI=1S/C18H18Cl2N4O2S.ClH/c1-23-7-9-24(10-8-23)12-5-6-16-13(11-12)18(22-21-16)27(25,26)17-14(19)3-2-4-15(17)20;/h2-6,11H,7-10H2,1H3,(H,21,22);1H. The molecule has 0 saturated carbocycles. The molecule has 0 aliphatic carbocycles. The molecule has 1 aliphatic heterocycles.